The quantitative estimate of drug-likeness (QED) is 0.933. The number of aromatic hydroxyl groups is 1. The minimum Gasteiger partial charge on any atom is -0.508 e. The average molecular weight is 289 g/mol. The Labute approximate surface area is 123 Å². The van der Waals surface area contributed by atoms with Gasteiger partial charge < -0.3 is 14.4 Å². The third-order valence-electron chi connectivity index (χ3n) is 3.78. The van der Waals surface area contributed by atoms with E-state index in [1.54, 1.807) is 6.07 Å². The van der Waals surface area contributed by atoms with Crippen molar-refractivity contribution >= 4 is 0 Å². The Bertz CT molecular complexity index is 626. The molecule has 1 saturated heterocycles. The number of aromatic nitrogens is 2. The monoisotopic (exact) mass is 289 g/mol. The lowest BCUT2D eigenvalue weighted by Gasteiger charge is -2.30. The van der Waals surface area contributed by atoms with Crippen molar-refractivity contribution in [2.45, 2.75) is 20.0 Å². The zero-order valence-electron chi connectivity index (χ0n) is 12.2. The number of morpholine rings is 1. The first-order chi connectivity index (χ1) is 10.2. The molecular formula is C15H19N3O3. The van der Waals surface area contributed by atoms with Gasteiger partial charge in [0.1, 0.15) is 11.9 Å². The highest BCUT2D eigenvalue weighted by Gasteiger charge is 2.25. The second-order valence-corrected chi connectivity index (χ2v) is 5.21. The minimum atomic E-state index is -0.157. The van der Waals surface area contributed by atoms with Crippen LogP contribution >= 0.6 is 0 Å². The van der Waals surface area contributed by atoms with Crippen molar-refractivity contribution in [2.75, 3.05) is 26.2 Å². The maximum absolute atomic E-state index is 9.76. The summed E-state index contributed by atoms with van der Waals surface area (Å²) in [5.41, 5.74) is 1.52. The molecule has 1 aliphatic rings. The van der Waals surface area contributed by atoms with E-state index in [-0.39, 0.29) is 11.9 Å². The number of nitrogens with zero attached hydrogens (tertiary/aromatic N) is 3. The summed E-state index contributed by atoms with van der Waals surface area (Å²) in [7, 11) is 0. The van der Waals surface area contributed by atoms with E-state index in [0.717, 1.165) is 25.2 Å². The molecule has 2 aromatic rings. The van der Waals surface area contributed by atoms with E-state index >= 15 is 0 Å². The molecular weight excluding hydrogens is 270 g/mol. The third-order valence-corrected chi connectivity index (χ3v) is 3.78. The summed E-state index contributed by atoms with van der Waals surface area (Å²) in [5, 5.41) is 13.8. The summed E-state index contributed by atoms with van der Waals surface area (Å²) in [6.45, 7) is 7.33. The number of hydrogen-bond acceptors (Lipinski definition) is 6. The molecule has 6 nitrogen and oxygen atoms in total. The zero-order chi connectivity index (χ0) is 14.8. The minimum absolute atomic E-state index is 0.157. The predicted molar refractivity (Wildman–Crippen MR) is 76.9 cm³/mol. The molecule has 0 spiro atoms. The molecule has 1 aliphatic heterocycles. The fourth-order valence-electron chi connectivity index (χ4n) is 2.37. The van der Waals surface area contributed by atoms with Gasteiger partial charge in [0.15, 0.2) is 0 Å². The van der Waals surface area contributed by atoms with Crippen LogP contribution in [0, 0.1) is 6.92 Å². The summed E-state index contributed by atoms with van der Waals surface area (Å²) in [4.78, 5) is 6.70. The number of rotatable bonds is 3. The average Bonchev–Trinajstić information content (AvgIpc) is 3.00. The summed E-state index contributed by atoms with van der Waals surface area (Å²) in [5.74, 6) is 1.18. The number of phenols is 1. The number of benzene rings is 1. The highest BCUT2D eigenvalue weighted by atomic mass is 16.5. The second-order valence-electron chi connectivity index (χ2n) is 5.21. The molecule has 1 fully saturated rings. The molecule has 112 valence electrons. The lowest BCUT2D eigenvalue weighted by atomic mass is 10.1. The Morgan fingerprint density at radius 1 is 1.43 bits per heavy atom. The lowest BCUT2D eigenvalue weighted by Crippen LogP contribution is -2.38. The molecule has 1 N–H and O–H groups in total. The molecule has 1 aromatic carbocycles. The fourth-order valence-corrected chi connectivity index (χ4v) is 2.37. The Morgan fingerprint density at radius 2 is 2.29 bits per heavy atom. The standard InChI is InChI=1S/C15H19N3O3/c1-3-18-6-7-20-13(9-18)14-16-15(21-17-14)11-5-4-10(2)12(19)8-11/h4-5,8,13,19H,3,6-7,9H2,1-2H3. The molecule has 1 atom stereocenters. The normalized spacial score (nSPS) is 19.8. The molecule has 0 bridgehead atoms. The van der Waals surface area contributed by atoms with Gasteiger partial charge in [-0.3, -0.25) is 4.90 Å². The molecule has 0 amide bonds. The van der Waals surface area contributed by atoms with E-state index in [4.69, 9.17) is 9.26 Å². The first-order valence-electron chi connectivity index (χ1n) is 7.15. The van der Waals surface area contributed by atoms with Crippen LogP contribution in [0.1, 0.15) is 24.4 Å². The molecule has 2 heterocycles. The van der Waals surface area contributed by atoms with Crippen LogP contribution < -0.4 is 0 Å². The Kier molecular flexibility index (Phi) is 3.90. The van der Waals surface area contributed by atoms with Gasteiger partial charge in [-0.1, -0.05) is 18.1 Å². The molecule has 0 saturated carbocycles. The number of phenolic OH excluding ortho intramolecular Hbond substituents is 1. The fraction of sp³-hybridized carbons (Fsp3) is 0.467. The van der Waals surface area contributed by atoms with Gasteiger partial charge in [-0.15, -0.1) is 0 Å². The van der Waals surface area contributed by atoms with Gasteiger partial charge >= 0.3 is 0 Å². The van der Waals surface area contributed by atoms with E-state index in [1.165, 1.54) is 0 Å². The first-order valence-corrected chi connectivity index (χ1v) is 7.15. The molecule has 1 unspecified atom stereocenters. The largest absolute Gasteiger partial charge is 0.508 e. The molecule has 3 rings (SSSR count). The molecule has 0 radical (unpaired) electrons. The van der Waals surface area contributed by atoms with E-state index in [0.29, 0.717) is 23.9 Å². The van der Waals surface area contributed by atoms with Gasteiger partial charge in [0, 0.05) is 18.7 Å². The topological polar surface area (TPSA) is 71.6 Å². The number of hydrogen-bond donors (Lipinski definition) is 1. The Balaban J connectivity index is 1.81. The Morgan fingerprint density at radius 3 is 3.05 bits per heavy atom. The molecule has 1 aromatic heterocycles. The van der Waals surface area contributed by atoms with Crippen LogP contribution in [0.5, 0.6) is 5.75 Å². The maximum atomic E-state index is 9.76. The van der Waals surface area contributed by atoms with Gasteiger partial charge in [-0.2, -0.15) is 4.98 Å². The van der Waals surface area contributed by atoms with Crippen molar-refractivity contribution in [3.05, 3.63) is 29.6 Å². The highest BCUT2D eigenvalue weighted by Crippen LogP contribution is 2.27. The predicted octanol–water partition coefficient (Wildman–Crippen LogP) is 2.14. The van der Waals surface area contributed by atoms with Crippen LogP contribution in [0.3, 0.4) is 0 Å². The van der Waals surface area contributed by atoms with E-state index in [2.05, 4.69) is 22.0 Å². The summed E-state index contributed by atoms with van der Waals surface area (Å²) < 4.78 is 11.0. The van der Waals surface area contributed by atoms with Crippen molar-refractivity contribution < 1.29 is 14.4 Å². The van der Waals surface area contributed by atoms with Gasteiger partial charge in [0.25, 0.3) is 5.89 Å². The highest BCUT2D eigenvalue weighted by molar-refractivity contribution is 5.57. The number of aryl methyl sites for hydroxylation is 1. The van der Waals surface area contributed by atoms with Crippen LogP contribution in [0.15, 0.2) is 22.7 Å². The van der Waals surface area contributed by atoms with E-state index in [9.17, 15) is 5.11 Å². The smallest absolute Gasteiger partial charge is 0.258 e. The Hall–Kier alpha value is -1.92. The van der Waals surface area contributed by atoms with Gasteiger partial charge in [0.05, 0.1) is 6.61 Å². The SMILES string of the molecule is CCN1CCOC(c2noc(-c3ccc(C)c(O)c3)n2)C1. The maximum Gasteiger partial charge on any atom is 0.258 e. The number of likely N-dealkylation sites (N-methyl/N-ethyl adjacent to an activating group) is 1. The van der Waals surface area contributed by atoms with Crippen LogP contribution in [0.4, 0.5) is 0 Å². The summed E-state index contributed by atoms with van der Waals surface area (Å²) in [6, 6.07) is 5.31. The second kappa shape index (κ2) is 5.83. The van der Waals surface area contributed by atoms with E-state index < -0.39 is 0 Å². The van der Waals surface area contributed by atoms with Crippen molar-refractivity contribution in [3.63, 3.8) is 0 Å². The van der Waals surface area contributed by atoms with Crippen LogP contribution in [0.2, 0.25) is 0 Å². The summed E-state index contributed by atoms with van der Waals surface area (Å²) in [6.07, 6.45) is -0.157. The first kappa shape index (κ1) is 14.0. The van der Waals surface area contributed by atoms with Gasteiger partial charge in [-0.25, -0.2) is 0 Å². The molecule has 0 aliphatic carbocycles. The third kappa shape index (κ3) is 2.91. The van der Waals surface area contributed by atoms with E-state index in [1.807, 2.05) is 19.1 Å². The van der Waals surface area contributed by atoms with Crippen LogP contribution in [0.25, 0.3) is 11.5 Å². The van der Waals surface area contributed by atoms with Crippen molar-refractivity contribution in [2.24, 2.45) is 0 Å². The van der Waals surface area contributed by atoms with Crippen LogP contribution in [-0.2, 0) is 4.74 Å². The summed E-state index contributed by atoms with van der Waals surface area (Å²) >= 11 is 0. The molecule has 6 heteroatoms. The number of ether oxygens (including phenoxy) is 1. The van der Waals surface area contributed by atoms with Crippen LogP contribution in [-0.4, -0.2) is 46.4 Å². The van der Waals surface area contributed by atoms with Crippen molar-refractivity contribution in [3.8, 4) is 17.2 Å². The van der Waals surface area contributed by atoms with Crippen molar-refractivity contribution in [1.82, 2.24) is 15.0 Å². The van der Waals surface area contributed by atoms with Crippen molar-refractivity contribution in [1.29, 1.82) is 0 Å². The van der Waals surface area contributed by atoms with Gasteiger partial charge in [-0.05, 0) is 31.2 Å². The molecule has 21 heavy (non-hydrogen) atoms. The lowest BCUT2D eigenvalue weighted by molar-refractivity contribution is -0.0334. The van der Waals surface area contributed by atoms with Gasteiger partial charge in [0.2, 0.25) is 5.82 Å². The zero-order valence-corrected chi connectivity index (χ0v) is 12.2.